The number of amides is 1. The van der Waals surface area contributed by atoms with E-state index < -0.39 is 24.2 Å². The fraction of sp³-hybridized carbons (Fsp3) is 0.350. The van der Waals surface area contributed by atoms with Gasteiger partial charge in [-0.15, -0.1) is 0 Å². The summed E-state index contributed by atoms with van der Waals surface area (Å²) >= 11 is 9.65. The van der Waals surface area contributed by atoms with Gasteiger partial charge in [-0.3, -0.25) is 4.79 Å². The van der Waals surface area contributed by atoms with Crippen molar-refractivity contribution in [3.63, 3.8) is 0 Å². The van der Waals surface area contributed by atoms with Crippen molar-refractivity contribution in [3.05, 3.63) is 63.7 Å². The molecule has 1 aliphatic heterocycles. The molecule has 0 spiro atoms. The van der Waals surface area contributed by atoms with Gasteiger partial charge >= 0.3 is 6.18 Å². The lowest BCUT2D eigenvalue weighted by Crippen LogP contribution is -2.36. The molecule has 170 valence electrons. The molecule has 0 saturated heterocycles. The van der Waals surface area contributed by atoms with Crippen molar-refractivity contribution in [1.29, 1.82) is 0 Å². The predicted octanol–water partition coefficient (Wildman–Crippen LogP) is 4.98. The lowest BCUT2D eigenvalue weighted by molar-refractivity contribution is -0.173. The third-order valence-corrected chi connectivity index (χ3v) is 6.11. The summed E-state index contributed by atoms with van der Waals surface area (Å²) in [5.41, 5.74) is 0.443. The Hall–Kier alpha value is -2.53. The van der Waals surface area contributed by atoms with Gasteiger partial charge in [0.15, 0.2) is 11.7 Å². The summed E-state index contributed by atoms with van der Waals surface area (Å²) in [5, 5.41) is 9.50. The van der Waals surface area contributed by atoms with Crippen LogP contribution in [0.15, 0.2) is 47.5 Å². The van der Waals surface area contributed by atoms with Crippen molar-refractivity contribution in [1.82, 2.24) is 24.6 Å². The van der Waals surface area contributed by atoms with Crippen LogP contribution < -0.4 is 10.6 Å². The van der Waals surface area contributed by atoms with Crippen LogP contribution in [0.3, 0.4) is 0 Å². The predicted molar refractivity (Wildman–Crippen MR) is 117 cm³/mol. The zero-order valence-electron chi connectivity index (χ0n) is 16.6. The standard InChI is InChI=1S/C20H19BrClF3N6O/c21-13-4-2-12(3-5-13)14-10-15(20(23,24)25)31-18(28-14)16(22)17(29-31)19(32)27-6-1-8-30-9-7-26-11-30/h2-5,7,9,11,14-15,28H,1,6,8,10H2,(H,27,32)/t14-,15-/m1/s1. The van der Waals surface area contributed by atoms with Crippen LogP contribution in [-0.2, 0) is 6.54 Å². The third kappa shape index (κ3) is 4.78. The maximum Gasteiger partial charge on any atom is 0.410 e. The smallest absolute Gasteiger partial charge is 0.362 e. The van der Waals surface area contributed by atoms with Crippen LogP contribution in [-0.4, -0.2) is 38.0 Å². The number of benzene rings is 1. The van der Waals surface area contributed by atoms with E-state index in [0.29, 0.717) is 25.1 Å². The molecule has 3 heterocycles. The van der Waals surface area contributed by atoms with Gasteiger partial charge in [0.25, 0.3) is 5.91 Å². The van der Waals surface area contributed by atoms with Crippen molar-refractivity contribution in [2.75, 3.05) is 11.9 Å². The van der Waals surface area contributed by atoms with Crippen LogP contribution in [0.2, 0.25) is 5.02 Å². The molecule has 2 N–H and O–H groups in total. The third-order valence-electron chi connectivity index (χ3n) is 5.22. The highest BCUT2D eigenvalue weighted by molar-refractivity contribution is 9.10. The van der Waals surface area contributed by atoms with Crippen LogP contribution in [0.25, 0.3) is 0 Å². The number of hydrogen-bond acceptors (Lipinski definition) is 4. The second-order valence-corrected chi connectivity index (χ2v) is 8.70. The van der Waals surface area contributed by atoms with Gasteiger partial charge in [-0.1, -0.05) is 39.7 Å². The number of rotatable bonds is 6. The molecule has 3 aromatic rings. The Bertz CT molecular complexity index is 1080. The Morgan fingerprint density at radius 2 is 2.06 bits per heavy atom. The molecule has 0 unspecified atom stereocenters. The van der Waals surface area contributed by atoms with Gasteiger partial charge in [0.1, 0.15) is 10.8 Å². The number of nitrogens with zero attached hydrogens (tertiary/aromatic N) is 4. The van der Waals surface area contributed by atoms with Crippen molar-refractivity contribution >= 4 is 39.3 Å². The van der Waals surface area contributed by atoms with Gasteiger partial charge < -0.3 is 15.2 Å². The number of nitrogens with one attached hydrogen (secondary N) is 2. The molecule has 4 rings (SSSR count). The molecular formula is C20H19BrClF3N6O. The van der Waals surface area contributed by atoms with E-state index in [-0.39, 0.29) is 23.0 Å². The average molecular weight is 532 g/mol. The maximum atomic E-state index is 13.9. The number of aromatic nitrogens is 4. The maximum absolute atomic E-state index is 13.9. The highest BCUT2D eigenvalue weighted by Crippen LogP contribution is 2.46. The van der Waals surface area contributed by atoms with Crippen molar-refractivity contribution in [3.8, 4) is 0 Å². The summed E-state index contributed by atoms with van der Waals surface area (Å²) in [5.74, 6) is -0.637. The Balaban J connectivity index is 1.53. The Kier molecular flexibility index (Phi) is 6.47. The highest BCUT2D eigenvalue weighted by atomic mass is 79.9. The lowest BCUT2D eigenvalue weighted by atomic mass is 9.97. The van der Waals surface area contributed by atoms with Crippen LogP contribution >= 0.6 is 27.5 Å². The van der Waals surface area contributed by atoms with Gasteiger partial charge in [-0.05, 0) is 24.1 Å². The first kappa shape index (κ1) is 22.7. The number of carbonyl (C=O) groups excluding carboxylic acids is 1. The summed E-state index contributed by atoms with van der Waals surface area (Å²) in [7, 11) is 0. The number of alkyl halides is 3. The molecule has 1 aromatic carbocycles. The number of hydrogen-bond donors (Lipinski definition) is 2. The molecule has 2 atom stereocenters. The van der Waals surface area contributed by atoms with Gasteiger partial charge in [-0.25, -0.2) is 9.67 Å². The first-order valence-electron chi connectivity index (χ1n) is 9.84. The number of fused-ring (bicyclic) bond motifs is 1. The van der Waals surface area contributed by atoms with Crippen LogP contribution in [0.5, 0.6) is 0 Å². The van der Waals surface area contributed by atoms with Crippen LogP contribution in [0.4, 0.5) is 19.0 Å². The molecule has 1 amide bonds. The normalized spacial score (nSPS) is 18.2. The van der Waals surface area contributed by atoms with Gasteiger partial charge in [-0.2, -0.15) is 18.3 Å². The van der Waals surface area contributed by atoms with E-state index in [4.69, 9.17) is 11.6 Å². The molecule has 7 nitrogen and oxygen atoms in total. The van der Waals surface area contributed by atoms with E-state index in [2.05, 4.69) is 36.6 Å². The molecule has 2 aromatic heterocycles. The second-order valence-electron chi connectivity index (χ2n) is 7.41. The Morgan fingerprint density at radius 3 is 2.72 bits per heavy atom. The molecular weight excluding hydrogens is 513 g/mol. The largest absolute Gasteiger partial charge is 0.410 e. The zero-order valence-corrected chi connectivity index (χ0v) is 19.0. The minimum atomic E-state index is -4.56. The second kappa shape index (κ2) is 9.14. The SMILES string of the molecule is O=C(NCCCn1ccnc1)c1nn2c(c1Cl)N[C@@H](c1ccc(Br)cc1)C[C@@H]2C(F)(F)F. The number of halogens is 5. The van der Waals surface area contributed by atoms with E-state index in [1.54, 1.807) is 43.0 Å². The molecule has 1 aliphatic rings. The molecule has 0 radical (unpaired) electrons. The zero-order chi connectivity index (χ0) is 22.9. The number of anilines is 1. The quantitative estimate of drug-likeness (QED) is 0.440. The molecule has 0 aliphatic carbocycles. The molecule has 0 saturated carbocycles. The monoisotopic (exact) mass is 530 g/mol. The van der Waals surface area contributed by atoms with E-state index >= 15 is 0 Å². The fourth-order valence-electron chi connectivity index (χ4n) is 3.61. The summed E-state index contributed by atoms with van der Waals surface area (Å²) in [4.78, 5) is 16.5. The van der Waals surface area contributed by atoms with Gasteiger partial charge in [0, 0.05) is 36.4 Å². The summed E-state index contributed by atoms with van der Waals surface area (Å²) in [6, 6.07) is 4.45. The van der Waals surface area contributed by atoms with E-state index in [1.165, 1.54) is 0 Å². The number of aryl methyl sites for hydroxylation is 1. The van der Waals surface area contributed by atoms with Crippen molar-refractivity contribution < 1.29 is 18.0 Å². The summed E-state index contributed by atoms with van der Waals surface area (Å²) in [6.45, 7) is 0.952. The minimum absolute atomic E-state index is 0.0169. The number of carbonyl (C=O) groups is 1. The lowest BCUT2D eigenvalue weighted by Gasteiger charge is -2.33. The van der Waals surface area contributed by atoms with Gasteiger partial charge in [0.05, 0.1) is 12.4 Å². The highest BCUT2D eigenvalue weighted by Gasteiger charge is 2.47. The molecule has 32 heavy (non-hydrogen) atoms. The average Bonchev–Trinajstić information content (AvgIpc) is 3.38. The molecule has 12 heteroatoms. The minimum Gasteiger partial charge on any atom is -0.362 e. The molecule has 0 fully saturated rings. The topological polar surface area (TPSA) is 76.8 Å². The molecule has 0 bridgehead atoms. The number of imidazole rings is 1. The van der Waals surface area contributed by atoms with E-state index in [1.807, 2.05) is 4.57 Å². The van der Waals surface area contributed by atoms with Crippen molar-refractivity contribution in [2.45, 2.75) is 37.6 Å². The first-order chi connectivity index (χ1) is 15.2. The summed E-state index contributed by atoms with van der Waals surface area (Å²) in [6.07, 6.45) is 0.891. The first-order valence-corrected chi connectivity index (χ1v) is 11.0. The summed E-state index contributed by atoms with van der Waals surface area (Å²) < 4.78 is 45.0. The van der Waals surface area contributed by atoms with Crippen molar-refractivity contribution in [2.24, 2.45) is 0 Å². The van der Waals surface area contributed by atoms with Crippen LogP contribution in [0.1, 0.15) is 41.0 Å². The fourth-order valence-corrected chi connectivity index (χ4v) is 4.14. The Morgan fingerprint density at radius 1 is 1.31 bits per heavy atom. The van der Waals surface area contributed by atoms with E-state index in [0.717, 1.165) is 9.15 Å². The van der Waals surface area contributed by atoms with E-state index in [9.17, 15) is 18.0 Å². The Labute approximate surface area is 195 Å². The van der Waals surface area contributed by atoms with Gasteiger partial charge in [0.2, 0.25) is 0 Å². The van der Waals surface area contributed by atoms with Crippen LogP contribution in [0, 0.1) is 0 Å².